The normalized spacial score (nSPS) is 14.3. The van der Waals surface area contributed by atoms with E-state index in [1.165, 1.54) is 0 Å². The number of likely N-dealkylation sites (N-methyl/N-ethyl adjacent to an activating group) is 1. The summed E-state index contributed by atoms with van der Waals surface area (Å²) in [5, 5.41) is 0.555. The fourth-order valence-electron chi connectivity index (χ4n) is 2.81. The Balaban J connectivity index is 2.25. The van der Waals surface area contributed by atoms with E-state index in [0.717, 1.165) is 34.8 Å². The summed E-state index contributed by atoms with van der Waals surface area (Å²) < 4.78 is 5.21. The molecule has 4 heteroatoms. The molecule has 3 nitrogen and oxygen atoms in total. The van der Waals surface area contributed by atoms with Crippen molar-refractivity contribution in [1.29, 1.82) is 0 Å². The Bertz CT molecular complexity index is 825. The number of hydrogen-bond donors (Lipinski definition) is 0. The number of pyridine rings is 1. The molecule has 0 saturated carbocycles. The Morgan fingerprint density at radius 1 is 1.21 bits per heavy atom. The van der Waals surface area contributed by atoms with Crippen molar-refractivity contribution in [2.75, 3.05) is 13.7 Å². The third-order valence-electron chi connectivity index (χ3n) is 3.99. The molecule has 0 aliphatic carbocycles. The predicted octanol–water partition coefficient (Wildman–Crippen LogP) is 5.02. The average molecular weight is 339 g/mol. The predicted molar refractivity (Wildman–Crippen MR) is 99.7 cm³/mol. The van der Waals surface area contributed by atoms with Gasteiger partial charge < -0.3 is 9.64 Å². The SMILES string of the molecule is C=C1C=CC(c2ccccc2)=C(c2ncc(OC)cc2Cl)N1CC. The third-order valence-corrected chi connectivity index (χ3v) is 4.28. The van der Waals surface area contributed by atoms with Crippen LogP contribution >= 0.6 is 11.6 Å². The van der Waals surface area contributed by atoms with Gasteiger partial charge in [0.15, 0.2) is 0 Å². The average Bonchev–Trinajstić information content (AvgIpc) is 2.62. The first kappa shape index (κ1) is 16.3. The fraction of sp³-hybridized carbons (Fsp3) is 0.150. The van der Waals surface area contributed by atoms with Crippen molar-refractivity contribution in [3.63, 3.8) is 0 Å². The number of halogens is 1. The molecule has 3 rings (SSSR count). The maximum absolute atomic E-state index is 6.51. The van der Waals surface area contributed by atoms with Crippen LogP contribution in [0.15, 0.2) is 67.0 Å². The van der Waals surface area contributed by atoms with Crippen LogP contribution in [0.4, 0.5) is 0 Å². The standard InChI is InChI=1S/C20H19ClN2O/c1-4-23-14(2)10-11-17(15-8-6-5-7-9-15)20(23)19-18(21)12-16(24-3)13-22-19/h5-13H,2,4H2,1,3H3. The van der Waals surface area contributed by atoms with Gasteiger partial charge in [-0.25, -0.2) is 4.98 Å². The van der Waals surface area contributed by atoms with Crippen molar-refractivity contribution in [2.45, 2.75) is 6.92 Å². The van der Waals surface area contributed by atoms with E-state index < -0.39 is 0 Å². The van der Waals surface area contributed by atoms with E-state index in [9.17, 15) is 0 Å². The van der Waals surface area contributed by atoms with Gasteiger partial charge in [0, 0.05) is 23.9 Å². The molecule has 2 heterocycles. The van der Waals surface area contributed by atoms with E-state index in [2.05, 4.69) is 41.6 Å². The molecule has 1 aromatic carbocycles. The molecule has 0 bridgehead atoms. The summed E-state index contributed by atoms with van der Waals surface area (Å²) >= 11 is 6.51. The summed E-state index contributed by atoms with van der Waals surface area (Å²) in [7, 11) is 1.60. The minimum atomic E-state index is 0.555. The maximum atomic E-state index is 6.51. The molecule has 0 saturated heterocycles. The van der Waals surface area contributed by atoms with Crippen molar-refractivity contribution in [1.82, 2.24) is 9.88 Å². The Hall–Kier alpha value is -2.52. The van der Waals surface area contributed by atoms with Gasteiger partial charge in [0.1, 0.15) is 11.4 Å². The second-order valence-corrected chi connectivity index (χ2v) is 5.81. The summed E-state index contributed by atoms with van der Waals surface area (Å²) in [6, 6.07) is 12.0. The molecule has 0 unspecified atom stereocenters. The van der Waals surface area contributed by atoms with Gasteiger partial charge in [0.2, 0.25) is 0 Å². The Labute approximate surface area is 147 Å². The summed E-state index contributed by atoms with van der Waals surface area (Å²) in [4.78, 5) is 6.68. The molecule has 2 aromatic rings. The van der Waals surface area contributed by atoms with E-state index in [4.69, 9.17) is 16.3 Å². The van der Waals surface area contributed by atoms with Gasteiger partial charge in [-0.2, -0.15) is 0 Å². The molecule has 1 aromatic heterocycles. The second kappa shape index (κ2) is 6.93. The monoisotopic (exact) mass is 338 g/mol. The molecule has 24 heavy (non-hydrogen) atoms. The van der Waals surface area contributed by atoms with Crippen LogP contribution in [0.5, 0.6) is 5.75 Å². The minimum absolute atomic E-state index is 0.555. The number of nitrogens with zero attached hydrogens (tertiary/aromatic N) is 2. The lowest BCUT2D eigenvalue weighted by Crippen LogP contribution is -2.23. The number of benzene rings is 1. The zero-order valence-electron chi connectivity index (χ0n) is 13.8. The first-order valence-electron chi connectivity index (χ1n) is 7.79. The molecule has 0 spiro atoms. The zero-order valence-corrected chi connectivity index (χ0v) is 14.5. The van der Waals surface area contributed by atoms with Crippen LogP contribution in [0, 0.1) is 0 Å². The van der Waals surface area contributed by atoms with Gasteiger partial charge >= 0.3 is 0 Å². The number of hydrogen-bond acceptors (Lipinski definition) is 3. The van der Waals surface area contributed by atoms with Gasteiger partial charge in [-0.15, -0.1) is 0 Å². The van der Waals surface area contributed by atoms with Gasteiger partial charge in [-0.3, -0.25) is 0 Å². The van der Waals surface area contributed by atoms with Crippen LogP contribution in [0.2, 0.25) is 5.02 Å². The van der Waals surface area contributed by atoms with Crippen LogP contribution < -0.4 is 4.74 Å². The molecule has 1 aliphatic heterocycles. The highest BCUT2D eigenvalue weighted by Crippen LogP contribution is 2.38. The van der Waals surface area contributed by atoms with E-state index >= 15 is 0 Å². The smallest absolute Gasteiger partial charge is 0.138 e. The van der Waals surface area contributed by atoms with Crippen molar-refractivity contribution >= 4 is 22.9 Å². The summed E-state index contributed by atoms with van der Waals surface area (Å²) in [6.45, 7) is 7.01. The van der Waals surface area contributed by atoms with Gasteiger partial charge in [0.05, 0.1) is 24.0 Å². The Morgan fingerprint density at radius 3 is 2.58 bits per heavy atom. The lowest BCUT2D eigenvalue weighted by molar-refractivity contribution is 0.412. The Morgan fingerprint density at radius 2 is 1.96 bits per heavy atom. The molecule has 1 aliphatic rings. The number of aromatic nitrogens is 1. The molecule has 0 amide bonds. The van der Waals surface area contributed by atoms with Crippen molar-refractivity contribution in [3.05, 3.63) is 83.3 Å². The number of methoxy groups -OCH3 is 1. The highest BCUT2D eigenvalue weighted by molar-refractivity contribution is 6.32. The number of ether oxygens (including phenoxy) is 1. The van der Waals surface area contributed by atoms with Crippen molar-refractivity contribution in [2.24, 2.45) is 0 Å². The van der Waals surface area contributed by atoms with Crippen LogP contribution in [0.25, 0.3) is 11.3 Å². The van der Waals surface area contributed by atoms with Crippen LogP contribution in [0.1, 0.15) is 18.2 Å². The fourth-order valence-corrected chi connectivity index (χ4v) is 3.06. The molecule has 0 fully saturated rings. The first-order valence-corrected chi connectivity index (χ1v) is 8.17. The van der Waals surface area contributed by atoms with Gasteiger partial charge in [-0.05, 0) is 18.6 Å². The number of rotatable bonds is 4. The van der Waals surface area contributed by atoms with E-state index in [-0.39, 0.29) is 0 Å². The highest BCUT2D eigenvalue weighted by Gasteiger charge is 2.24. The highest BCUT2D eigenvalue weighted by atomic mass is 35.5. The Kier molecular flexibility index (Phi) is 4.72. The van der Waals surface area contributed by atoms with Crippen LogP contribution in [0.3, 0.4) is 0 Å². The molecule has 0 atom stereocenters. The number of allylic oxidation sites excluding steroid dienone is 3. The molecule has 0 N–H and O–H groups in total. The van der Waals surface area contributed by atoms with Crippen LogP contribution in [-0.4, -0.2) is 23.5 Å². The van der Waals surface area contributed by atoms with Gasteiger partial charge in [-0.1, -0.05) is 54.6 Å². The molecule has 0 radical (unpaired) electrons. The molecule has 122 valence electrons. The topological polar surface area (TPSA) is 25.4 Å². The lowest BCUT2D eigenvalue weighted by atomic mass is 9.97. The first-order chi connectivity index (χ1) is 11.7. The van der Waals surface area contributed by atoms with E-state index in [0.29, 0.717) is 10.8 Å². The van der Waals surface area contributed by atoms with Gasteiger partial charge in [0.25, 0.3) is 0 Å². The zero-order chi connectivity index (χ0) is 17.1. The largest absolute Gasteiger partial charge is 0.495 e. The second-order valence-electron chi connectivity index (χ2n) is 5.40. The molecular formula is C20H19ClN2O. The quantitative estimate of drug-likeness (QED) is 0.783. The maximum Gasteiger partial charge on any atom is 0.138 e. The van der Waals surface area contributed by atoms with Crippen molar-refractivity contribution < 1.29 is 4.74 Å². The lowest BCUT2D eigenvalue weighted by Gasteiger charge is -2.31. The summed E-state index contributed by atoms with van der Waals surface area (Å²) in [5.41, 5.74) is 4.79. The summed E-state index contributed by atoms with van der Waals surface area (Å²) in [5.74, 6) is 0.638. The molecular weight excluding hydrogens is 320 g/mol. The van der Waals surface area contributed by atoms with Crippen LogP contribution in [-0.2, 0) is 0 Å². The van der Waals surface area contributed by atoms with E-state index in [1.54, 1.807) is 19.4 Å². The summed E-state index contributed by atoms with van der Waals surface area (Å²) in [6.07, 6.45) is 5.78. The third kappa shape index (κ3) is 2.95. The minimum Gasteiger partial charge on any atom is -0.495 e. The van der Waals surface area contributed by atoms with E-state index in [1.807, 2.05) is 24.3 Å². The van der Waals surface area contributed by atoms with Crippen molar-refractivity contribution in [3.8, 4) is 5.75 Å².